The van der Waals surface area contributed by atoms with E-state index in [-0.39, 0.29) is 30.0 Å². The summed E-state index contributed by atoms with van der Waals surface area (Å²) in [6.07, 6.45) is 0.149. The molecule has 6 heteroatoms. The standard InChI is InChI=1S/C23H23NO5/c25-21(26)9-15-10-23(14-29-15)12-24(13-23)22(27)28-11-20-18-7-3-1-5-16(18)17-6-2-4-8-19(17)20/h1-8,15,20H,9-14H2,(H,25,26). The van der Waals surface area contributed by atoms with Gasteiger partial charge >= 0.3 is 12.1 Å². The molecular formula is C23H23NO5. The van der Waals surface area contributed by atoms with E-state index in [1.165, 1.54) is 22.3 Å². The fraction of sp³-hybridized carbons (Fsp3) is 0.391. The number of carboxylic acids is 1. The van der Waals surface area contributed by atoms with Crippen LogP contribution in [0, 0.1) is 5.41 Å². The second-order valence-electron chi connectivity index (χ2n) is 8.40. The van der Waals surface area contributed by atoms with Crippen molar-refractivity contribution < 1.29 is 24.2 Å². The fourth-order valence-corrected chi connectivity index (χ4v) is 5.02. The number of hydrogen-bond donors (Lipinski definition) is 1. The Hall–Kier alpha value is -2.86. The summed E-state index contributed by atoms with van der Waals surface area (Å²) < 4.78 is 11.3. The van der Waals surface area contributed by atoms with Gasteiger partial charge < -0.3 is 19.5 Å². The zero-order valence-corrected chi connectivity index (χ0v) is 16.0. The molecule has 1 unspecified atom stereocenters. The Kier molecular flexibility index (Phi) is 4.32. The highest BCUT2D eigenvalue weighted by molar-refractivity contribution is 5.79. The van der Waals surface area contributed by atoms with Gasteiger partial charge in [-0.05, 0) is 28.7 Å². The molecule has 1 N–H and O–H groups in total. The van der Waals surface area contributed by atoms with E-state index in [1.807, 2.05) is 24.3 Å². The van der Waals surface area contributed by atoms with Gasteiger partial charge in [-0.25, -0.2) is 4.79 Å². The summed E-state index contributed by atoms with van der Waals surface area (Å²) in [6.45, 7) is 1.96. The summed E-state index contributed by atoms with van der Waals surface area (Å²) in [4.78, 5) is 25.1. The number of likely N-dealkylation sites (tertiary alicyclic amines) is 1. The van der Waals surface area contributed by atoms with Crippen LogP contribution in [-0.4, -0.2) is 54.5 Å². The van der Waals surface area contributed by atoms with E-state index in [9.17, 15) is 9.59 Å². The van der Waals surface area contributed by atoms with Crippen molar-refractivity contribution in [1.29, 1.82) is 0 Å². The van der Waals surface area contributed by atoms with Crippen molar-refractivity contribution in [3.05, 3.63) is 59.7 Å². The molecule has 2 aliphatic heterocycles. The third kappa shape index (κ3) is 3.17. The lowest BCUT2D eigenvalue weighted by Gasteiger charge is -2.46. The first kappa shape index (κ1) is 18.2. The molecule has 2 saturated heterocycles. The molecule has 29 heavy (non-hydrogen) atoms. The molecule has 1 spiro atoms. The Morgan fingerprint density at radius 1 is 1.07 bits per heavy atom. The third-order valence-corrected chi connectivity index (χ3v) is 6.33. The van der Waals surface area contributed by atoms with Crippen LogP contribution in [0.1, 0.15) is 29.9 Å². The molecule has 1 amide bonds. The minimum Gasteiger partial charge on any atom is -0.481 e. The van der Waals surface area contributed by atoms with Gasteiger partial charge in [-0.3, -0.25) is 4.79 Å². The van der Waals surface area contributed by atoms with Crippen molar-refractivity contribution in [2.24, 2.45) is 5.41 Å². The number of carbonyl (C=O) groups is 2. The zero-order valence-electron chi connectivity index (χ0n) is 16.0. The first-order chi connectivity index (χ1) is 14.0. The monoisotopic (exact) mass is 393 g/mol. The highest BCUT2D eigenvalue weighted by Gasteiger charge is 2.51. The van der Waals surface area contributed by atoms with Crippen LogP contribution in [0.15, 0.2) is 48.5 Å². The number of carbonyl (C=O) groups excluding carboxylic acids is 1. The van der Waals surface area contributed by atoms with E-state index in [4.69, 9.17) is 14.6 Å². The number of hydrogen-bond acceptors (Lipinski definition) is 4. The maximum atomic E-state index is 12.6. The second-order valence-corrected chi connectivity index (χ2v) is 8.40. The Balaban J connectivity index is 1.20. The molecule has 2 heterocycles. The van der Waals surface area contributed by atoms with E-state index in [2.05, 4.69) is 24.3 Å². The zero-order chi connectivity index (χ0) is 20.0. The van der Waals surface area contributed by atoms with Crippen molar-refractivity contribution in [2.75, 3.05) is 26.3 Å². The van der Waals surface area contributed by atoms with Gasteiger partial charge in [-0.1, -0.05) is 48.5 Å². The minimum absolute atomic E-state index is 0.0205. The van der Waals surface area contributed by atoms with Gasteiger partial charge in [0.2, 0.25) is 0 Å². The minimum atomic E-state index is -0.847. The normalized spacial score (nSPS) is 21.5. The van der Waals surface area contributed by atoms with Crippen LogP contribution in [0.4, 0.5) is 4.79 Å². The number of benzene rings is 2. The number of fused-ring (bicyclic) bond motifs is 3. The molecule has 6 nitrogen and oxygen atoms in total. The van der Waals surface area contributed by atoms with Gasteiger partial charge in [0, 0.05) is 24.4 Å². The molecule has 0 aromatic heterocycles. The average molecular weight is 393 g/mol. The Labute approximate surface area is 169 Å². The molecule has 0 bridgehead atoms. The molecule has 150 valence electrons. The van der Waals surface area contributed by atoms with Crippen LogP contribution in [-0.2, 0) is 14.3 Å². The highest BCUT2D eigenvalue weighted by Crippen LogP contribution is 2.45. The maximum absolute atomic E-state index is 12.6. The van der Waals surface area contributed by atoms with E-state index in [0.717, 1.165) is 0 Å². The predicted octanol–water partition coefficient (Wildman–Crippen LogP) is 3.50. The Morgan fingerprint density at radius 3 is 2.31 bits per heavy atom. The van der Waals surface area contributed by atoms with Crippen molar-refractivity contribution in [3.63, 3.8) is 0 Å². The number of aliphatic carboxylic acids is 1. The summed E-state index contributed by atoms with van der Waals surface area (Å²) in [5.41, 5.74) is 4.70. The molecule has 3 aliphatic rings. The van der Waals surface area contributed by atoms with Gasteiger partial charge in [-0.15, -0.1) is 0 Å². The van der Waals surface area contributed by atoms with Gasteiger partial charge in [0.05, 0.1) is 19.1 Å². The summed E-state index contributed by atoms with van der Waals surface area (Å²) in [5, 5.41) is 8.92. The van der Waals surface area contributed by atoms with E-state index < -0.39 is 5.97 Å². The lowest BCUT2D eigenvalue weighted by molar-refractivity contribution is -0.139. The number of nitrogens with zero attached hydrogens (tertiary/aromatic N) is 1. The first-order valence-corrected chi connectivity index (χ1v) is 9.98. The van der Waals surface area contributed by atoms with Crippen molar-refractivity contribution in [2.45, 2.75) is 24.9 Å². The first-order valence-electron chi connectivity index (χ1n) is 9.98. The molecule has 2 aromatic carbocycles. The number of ether oxygens (including phenoxy) is 2. The van der Waals surface area contributed by atoms with E-state index in [0.29, 0.717) is 32.7 Å². The topological polar surface area (TPSA) is 76.1 Å². The lowest BCUT2D eigenvalue weighted by atomic mass is 9.78. The van der Waals surface area contributed by atoms with Crippen LogP contribution in [0.5, 0.6) is 0 Å². The van der Waals surface area contributed by atoms with Crippen LogP contribution in [0.2, 0.25) is 0 Å². The van der Waals surface area contributed by atoms with Crippen molar-refractivity contribution in [1.82, 2.24) is 4.90 Å². The SMILES string of the molecule is O=C(O)CC1CC2(CO1)CN(C(=O)OCC1c3ccccc3-c3ccccc31)C2. The molecule has 1 atom stereocenters. The molecule has 5 rings (SSSR count). The number of carboxylic acid groups (broad SMARTS) is 1. The van der Waals surface area contributed by atoms with E-state index in [1.54, 1.807) is 4.90 Å². The fourth-order valence-electron chi connectivity index (χ4n) is 5.02. The van der Waals surface area contributed by atoms with E-state index >= 15 is 0 Å². The summed E-state index contributed by atoms with van der Waals surface area (Å²) in [5.74, 6) is -0.795. The van der Waals surface area contributed by atoms with Crippen LogP contribution < -0.4 is 0 Å². The molecule has 2 fully saturated rings. The van der Waals surface area contributed by atoms with Crippen molar-refractivity contribution >= 4 is 12.1 Å². The lowest BCUT2D eigenvalue weighted by Crippen LogP contribution is -2.59. The van der Waals surface area contributed by atoms with Crippen molar-refractivity contribution in [3.8, 4) is 11.1 Å². The largest absolute Gasteiger partial charge is 0.481 e. The summed E-state index contributed by atoms with van der Waals surface area (Å²) in [6, 6.07) is 16.5. The molecule has 0 radical (unpaired) electrons. The number of rotatable bonds is 4. The van der Waals surface area contributed by atoms with Gasteiger partial charge in [0.25, 0.3) is 0 Å². The molecule has 0 saturated carbocycles. The number of amides is 1. The highest BCUT2D eigenvalue weighted by atomic mass is 16.6. The van der Waals surface area contributed by atoms with Crippen LogP contribution >= 0.6 is 0 Å². The predicted molar refractivity (Wildman–Crippen MR) is 106 cm³/mol. The smallest absolute Gasteiger partial charge is 0.409 e. The van der Waals surface area contributed by atoms with Crippen LogP contribution in [0.3, 0.4) is 0 Å². The molecule has 2 aromatic rings. The van der Waals surface area contributed by atoms with Gasteiger partial charge in [0.15, 0.2) is 0 Å². The van der Waals surface area contributed by atoms with Gasteiger partial charge in [-0.2, -0.15) is 0 Å². The quantitative estimate of drug-likeness (QED) is 0.860. The van der Waals surface area contributed by atoms with Crippen LogP contribution in [0.25, 0.3) is 11.1 Å². The maximum Gasteiger partial charge on any atom is 0.409 e. The average Bonchev–Trinajstić information content (AvgIpc) is 3.24. The Bertz CT molecular complexity index is 920. The Morgan fingerprint density at radius 2 is 1.69 bits per heavy atom. The summed E-state index contributed by atoms with van der Waals surface area (Å²) >= 11 is 0. The second kappa shape index (κ2) is 6.88. The molecular weight excluding hydrogens is 370 g/mol. The third-order valence-electron chi connectivity index (χ3n) is 6.33. The summed E-state index contributed by atoms with van der Waals surface area (Å²) in [7, 11) is 0. The van der Waals surface area contributed by atoms with Gasteiger partial charge in [0.1, 0.15) is 6.61 Å². The molecule has 1 aliphatic carbocycles.